The van der Waals surface area contributed by atoms with Crippen molar-refractivity contribution in [2.75, 3.05) is 56.8 Å². The van der Waals surface area contributed by atoms with Gasteiger partial charge >= 0.3 is 17.9 Å². The molecule has 1 amide bonds. The highest BCUT2D eigenvalue weighted by atomic mass is 16.5. The Bertz CT molecular complexity index is 1370. The molecule has 0 atom stereocenters. The van der Waals surface area contributed by atoms with Crippen LogP contribution >= 0.6 is 0 Å². The molecule has 0 aromatic heterocycles. The summed E-state index contributed by atoms with van der Waals surface area (Å²) in [5.74, 6) is -2.05. The minimum Gasteiger partial charge on any atom is -0.465 e. The molecule has 0 spiro atoms. The molecule has 2 heterocycles. The topological polar surface area (TPSA) is 106 Å². The third kappa shape index (κ3) is 5.90. The van der Waals surface area contributed by atoms with Gasteiger partial charge in [0.25, 0.3) is 5.91 Å². The summed E-state index contributed by atoms with van der Waals surface area (Å²) in [6.07, 6.45) is 6.35. The molecule has 0 saturated carbocycles. The molecule has 2 aromatic rings. The van der Waals surface area contributed by atoms with Gasteiger partial charge in [0.1, 0.15) is 5.70 Å². The number of hydrogen-bond donors (Lipinski definition) is 0. The predicted molar refractivity (Wildman–Crippen MR) is 149 cm³/mol. The average molecular weight is 546 g/mol. The number of allylic oxidation sites excluding steroid dienone is 2. The van der Waals surface area contributed by atoms with E-state index in [-0.39, 0.29) is 29.3 Å². The van der Waals surface area contributed by atoms with Crippen LogP contribution in [0.2, 0.25) is 0 Å². The van der Waals surface area contributed by atoms with Gasteiger partial charge in [0, 0.05) is 37.9 Å². The number of benzene rings is 2. The fourth-order valence-electron chi connectivity index (χ4n) is 4.59. The first kappa shape index (κ1) is 28.2. The van der Waals surface area contributed by atoms with Crippen molar-refractivity contribution in [3.05, 3.63) is 95.4 Å². The van der Waals surface area contributed by atoms with E-state index in [0.29, 0.717) is 43.1 Å². The standard InChI is InChI=1S/C30H31N3O7/c1-4-40-28(35)22-13-14-24(31-16-18-32(19-17-31)27(34)21-10-6-5-7-11-21)25(20-22)33-15-9-8-12-23(29(36)38-2)26(33)30(37)39-3/h5-15,20H,4,16-19H2,1-3H3. The van der Waals surface area contributed by atoms with E-state index < -0.39 is 17.9 Å². The summed E-state index contributed by atoms with van der Waals surface area (Å²) < 4.78 is 15.2. The van der Waals surface area contributed by atoms with Crippen molar-refractivity contribution >= 4 is 35.2 Å². The summed E-state index contributed by atoms with van der Waals surface area (Å²) in [6, 6.07) is 14.2. The predicted octanol–water partition coefficient (Wildman–Crippen LogP) is 3.32. The SMILES string of the molecule is CCOC(=O)c1ccc(N2CCN(C(=O)c3ccccc3)CC2)c(N2C=CC=CC(C(=O)OC)=C2C(=O)OC)c1. The number of methoxy groups -OCH3 is 2. The maximum absolute atomic E-state index is 13.0. The van der Waals surface area contributed by atoms with Crippen LogP contribution in [-0.4, -0.2) is 75.7 Å². The van der Waals surface area contributed by atoms with Crippen molar-refractivity contribution in [3.63, 3.8) is 0 Å². The van der Waals surface area contributed by atoms with Gasteiger partial charge in [-0.15, -0.1) is 0 Å². The molecule has 1 fully saturated rings. The number of amides is 1. The summed E-state index contributed by atoms with van der Waals surface area (Å²) in [6.45, 7) is 3.85. The van der Waals surface area contributed by atoms with E-state index in [0.717, 1.165) is 0 Å². The molecule has 1 saturated heterocycles. The first-order valence-corrected chi connectivity index (χ1v) is 12.8. The lowest BCUT2D eigenvalue weighted by Crippen LogP contribution is -2.49. The van der Waals surface area contributed by atoms with Crippen LogP contribution in [0.4, 0.5) is 11.4 Å². The van der Waals surface area contributed by atoms with Crippen LogP contribution in [0, 0.1) is 0 Å². The van der Waals surface area contributed by atoms with Gasteiger partial charge < -0.3 is 28.9 Å². The molecule has 10 heteroatoms. The van der Waals surface area contributed by atoms with Crippen molar-refractivity contribution in [1.82, 2.24) is 4.90 Å². The number of nitrogens with zero attached hydrogens (tertiary/aromatic N) is 3. The van der Waals surface area contributed by atoms with Gasteiger partial charge in [-0.05, 0) is 49.4 Å². The number of ether oxygens (including phenoxy) is 3. The van der Waals surface area contributed by atoms with Gasteiger partial charge in [0.05, 0.1) is 43.3 Å². The maximum atomic E-state index is 13.0. The Kier molecular flexibility index (Phi) is 9.00. The Labute approximate surface area is 232 Å². The van der Waals surface area contributed by atoms with Crippen molar-refractivity contribution < 1.29 is 33.4 Å². The summed E-state index contributed by atoms with van der Waals surface area (Å²) in [7, 11) is 2.45. The fourth-order valence-corrected chi connectivity index (χ4v) is 4.59. The van der Waals surface area contributed by atoms with Gasteiger partial charge in [0.15, 0.2) is 0 Å². The van der Waals surface area contributed by atoms with E-state index in [1.54, 1.807) is 60.5 Å². The van der Waals surface area contributed by atoms with Crippen LogP contribution < -0.4 is 9.80 Å². The van der Waals surface area contributed by atoms with E-state index in [9.17, 15) is 19.2 Å². The second-order valence-corrected chi connectivity index (χ2v) is 8.89. The lowest BCUT2D eigenvalue weighted by atomic mass is 10.1. The summed E-state index contributed by atoms with van der Waals surface area (Å²) in [5.41, 5.74) is 1.96. The minimum atomic E-state index is -0.762. The number of piperazine rings is 1. The van der Waals surface area contributed by atoms with Crippen LogP contribution in [-0.2, 0) is 23.8 Å². The lowest BCUT2D eigenvalue weighted by Gasteiger charge is -2.38. The quantitative estimate of drug-likeness (QED) is 0.383. The Morgan fingerprint density at radius 1 is 0.775 bits per heavy atom. The largest absolute Gasteiger partial charge is 0.465 e. The monoisotopic (exact) mass is 545 g/mol. The Hall–Kier alpha value is -4.86. The zero-order valence-electron chi connectivity index (χ0n) is 22.7. The zero-order valence-corrected chi connectivity index (χ0v) is 22.7. The molecule has 2 aliphatic heterocycles. The molecule has 208 valence electrons. The van der Waals surface area contributed by atoms with Gasteiger partial charge in [0.2, 0.25) is 0 Å². The van der Waals surface area contributed by atoms with Gasteiger partial charge in [-0.3, -0.25) is 4.79 Å². The first-order chi connectivity index (χ1) is 19.4. The highest BCUT2D eigenvalue weighted by molar-refractivity contribution is 6.06. The number of rotatable bonds is 7. The van der Waals surface area contributed by atoms with Gasteiger partial charge in [-0.2, -0.15) is 0 Å². The molecular weight excluding hydrogens is 514 g/mol. The van der Waals surface area contributed by atoms with E-state index in [1.165, 1.54) is 25.2 Å². The Morgan fingerprint density at radius 2 is 1.48 bits per heavy atom. The first-order valence-electron chi connectivity index (χ1n) is 12.8. The second-order valence-electron chi connectivity index (χ2n) is 8.89. The lowest BCUT2D eigenvalue weighted by molar-refractivity contribution is -0.139. The van der Waals surface area contributed by atoms with Crippen molar-refractivity contribution in [1.29, 1.82) is 0 Å². The Morgan fingerprint density at radius 3 is 2.12 bits per heavy atom. The number of anilines is 2. The molecule has 0 N–H and O–H groups in total. The fraction of sp³-hybridized carbons (Fsp3) is 0.267. The third-order valence-corrected chi connectivity index (χ3v) is 6.56. The smallest absolute Gasteiger partial charge is 0.355 e. The van der Waals surface area contributed by atoms with Crippen molar-refractivity contribution in [2.45, 2.75) is 6.92 Å². The van der Waals surface area contributed by atoms with Crippen LogP contribution in [0.25, 0.3) is 0 Å². The van der Waals surface area contributed by atoms with Crippen LogP contribution in [0.3, 0.4) is 0 Å². The molecule has 4 rings (SSSR count). The van der Waals surface area contributed by atoms with Crippen LogP contribution in [0.1, 0.15) is 27.6 Å². The minimum absolute atomic E-state index is 0.00915. The van der Waals surface area contributed by atoms with E-state index in [1.807, 2.05) is 18.2 Å². The van der Waals surface area contributed by atoms with Gasteiger partial charge in [-0.25, -0.2) is 14.4 Å². The van der Waals surface area contributed by atoms with Crippen LogP contribution in [0.15, 0.2) is 84.2 Å². The molecule has 0 radical (unpaired) electrons. The maximum Gasteiger partial charge on any atom is 0.355 e. The molecule has 40 heavy (non-hydrogen) atoms. The number of carbonyl (C=O) groups excluding carboxylic acids is 4. The average Bonchev–Trinajstić information content (AvgIpc) is 3.23. The van der Waals surface area contributed by atoms with Crippen molar-refractivity contribution in [2.24, 2.45) is 0 Å². The number of esters is 3. The van der Waals surface area contributed by atoms with E-state index in [4.69, 9.17) is 14.2 Å². The van der Waals surface area contributed by atoms with Gasteiger partial charge in [-0.1, -0.05) is 24.3 Å². The van der Waals surface area contributed by atoms with E-state index in [2.05, 4.69) is 4.90 Å². The normalized spacial score (nSPS) is 15.0. The molecule has 0 unspecified atom stereocenters. The Balaban J connectivity index is 1.75. The third-order valence-electron chi connectivity index (χ3n) is 6.56. The summed E-state index contributed by atoms with van der Waals surface area (Å²) in [4.78, 5) is 56.8. The molecular formula is C30H31N3O7. The molecule has 0 bridgehead atoms. The van der Waals surface area contributed by atoms with Crippen LogP contribution in [0.5, 0.6) is 0 Å². The van der Waals surface area contributed by atoms with E-state index >= 15 is 0 Å². The molecule has 0 aliphatic carbocycles. The van der Waals surface area contributed by atoms with Crippen molar-refractivity contribution in [3.8, 4) is 0 Å². The second kappa shape index (κ2) is 12.8. The highest BCUT2D eigenvalue weighted by Crippen LogP contribution is 2.36. The summed E-state index contributed by atoms with van der Waals surface area (Å²) in [5, 5.41) is 0. The highest BCUT2D eigenvalue weighted by Gasteiger charge is 2.31. The molecule has 10 nitrogen and oxygen atoms in total. The summed E-state index contributed by atoms with van der Waals surface area (Å²) >= 11 is 0. The molecule has 2 aliphatic rings. The number of carbonyl (C=O) groups is 4. The molecule has 2 aromatic carbocycles. The number of hydrogen-bond acceptors (Lipinski definition) is 9. The zero-order chi connectivity index (χ0) is 28.6.